The van der Waals surface area contributed by atoms with Crippen LogP contribution in [0.15, 0.2) is 0 Å². The van der Waals surface area contributed by atoms with Crippen molar-refractivity contribution in [2.45, 2.75) is 71.1 Å². The summed E-state index contributed by atoms with van der Waals surface area (Å²) in [6.45, 7) is 4.98. The number of hydrogen-bond acceptors (Lipinski definition) is 1. The van der Waals surface area contributed by atoms with Crippen molar-refractivity contribution >= 4 is 0 Å². The van der Waals surface area contributed by atoms with E-state index in [1.165, 1.54) is 77.3 Å². The Kier molecular flexibility index (Phi) is 5.84. The summed E-state index contributed by atoms with van der Waals surface area (Å²) in [6, 6.07) is 0. The van der Waals surface area contributed by atoms with Crippen molar-refractivity contribution in [3.63, 3.8) is 0 Å². The van der Waals surface area contributed by atoms with E-state index in [1.807, 2.05) is 0 Å². The summed E-state index contributed by atoms with van der Waals surface area (Å²) >= 11 is 0. The highest BCUT2D eigenvalue weighted by Gasteiger charge is 2.18. The Balaban J connectivity index is 1.48. The van der Waals surface area contributed by atoms with Crippen LogP contribution in [0.25, 0.3) is 0 Å². The van der Waals surface area contributed by atoms with Gasteiger partial charge in [-0.2, -0.15) is 0 Å². The standard InChI is InChI=1S/C16H31N/c1-14-7-9-15(10-8-14)11-12-17-13-16-5-3-2-4-6-16/h14-17H,2-13H2,1H3. The molecule has 17 heavy (non-hydrogen) atoms. The summed E-state index contributed by atoms with van der Waals surface area (Å²) in [5, 5.41) is 3.71. The molecule has 2 saturated carbocycles. The molecule has 2 fully saturated rings. The van der Waals surface area contributed by atoms with Gasteiger partial charge < -0.3 is 5.32 Å². The predicted molar refractivity (Wildman–Crippen MR) is 75.2 cm³/mol. The summed E-state index contributed by atoms with van der Waals surface area (Å²) in [5.41, 5.74) is 0. The number of rotatable bonds is 5. The molecular weight excluding hydrogens is 206 g/mol. The Labute approximate surface area is 108 Å². The monoisotopic (exact) mass is 237 g/mol. The maximum atomic E-state index is 3.71. The summed E-state index contributed by atoms with van der Waals surface area (Å²) in [5.74, 6) is 3.03. The van der Waals surface area contributed by atoms with Crippen molar-refractivity contribution in [2.24, 2.45) is 17.8 Å². The average molecular weight is 237 g/mol. The SMILES string of the molecule is CC1CCC(CCNCC2CCCCC2)CC1. The molecule has 1 nitrogen and oxygen atoms in total. The molecule has 1 N–H and O–H groups in total. The van der Waals surface area contributed by atoms with Crippen LogP contribution in [-0.2, 0) is 0 Å². The van der Waals surface area contributed by atoms with Gasteiger partial charge in [0.1, 0.15) is 0 Å². The lowest BCUT2D eigenvalue weighted by Crippen LogP contribution is -2.27. The Morgan fingerprint density at radius 3 is 2.24 bits per heavy atom. The topological polar surface area (TPSA) is 12.0 Å². The lowest BCUT2D eigenvalue weighted by atomic mass is 9.81. The van der Waals surface area contributed by atoms with E-state index >= 15 is 0 Å². The molecule has 0 radical (unpaired) electrons. The van der Waals surface area contributed by atoms with Crippen LogP contribution in [0.3, 0.4) is 0 Å². The molecule has 0 bridgehead atoms. The molecule has 0 atom stereocenters. The first-order valence-electron chi connectivity index (χ1n) is 8.05. The van der Waals surface area contributed by atoms with E-state index in [4.69, 9.17) is 0 Å². The lowest BCUT2D eigenvalue weighted by molar-refractivity contribution is 0.270. The van der Waals surface area contributed by atoms with Gasteiger partial charge in [-0.05, 0) is 50.1 Å². The molecule has 2 aliphatic carbocycles. The minimum absolute atomic E-state index is 0.995. The fourth-order valence-electron chi connectivity index (χ4n) is 3.62. The Bertz CT molecular complexity index is 188. The zero-order valence-electron chi connectivity index (χ0n) is 11.7. The van der Waals surface area contributed by atoms with Gasteiger partial charge >= 0.3 is 0 Å². The molecule has 0 aromatic carbocycles. The first-order chi connectivity index (χ1) is 8.34. The van der Waals surface area contributed by atoms with Crippen LogP contribution in [-0.4, -0.2) is 13.1 Å². The molecule has 0 unspecified atom stereocenters. The first kappa shape index (κ1) is 13.4. The van der Waals surface area contributed by atoms with Crippen LogP contribution in [0.4, 0.5) is 0 Å². The van der Waals surface area contributed by atoms with E-state index in [0.717, 1.165) is 17.8 Å². The molecule has 0 aliphatic heterocycles. The summed E-state index contributed by atoms with van der Waals surface area (Å²) < 4.78 is 0. The average Bonchev–Trinajstić information content (AvgIpc) is 2.38. The van der Waals surface area contributed by atoms with Gasteiger partial charge in [0.15, 0.2) is 0 Å². The molecule has 100 valence electrons. The summed E-state index contributed by atoms with van der Waals surface area (Å²) in [4.78, 5) is 0. The fourth-order valence-corrected chi connectivity index (χ4v) is 3.62. The van der Waals surface area contributed by atoms with Crippen LogP contribution in [0.2, 0.25) is 0 Å². The van der Waals surface area contributed by atoms with Crippen LogP contribution in [0.1, 0.15) is 71.1 Å². The van der Waals surface area contributed by atoms with Gasteiger partial charge in [0, 0.05) is 0 Å². The van der Waals surface area contributed by atoms with Gasteiger partial charge in [-0.15, -0.1) is 0 Å². The quantitative estimate of drug-likeness (QED) is 0.700. The van der Waals surface area contributed by atoms with Gasteiger partial charge in [-0.25, -0.2) is 0 Å². The van der Waals surface area contributed by atoms with Crippen molar-refractivity contribution in [1.29, 1.82) is 0 Å². The second kappa shape index (κ2) is 7.41. The zero-order chi connectivity index (χ0) is 11.9. The van der Waals surface area contributed by atoms with E-state index in [9.17, 15) is 0 Å². The van der Waals surface area contributed by atoms with Crippen molar-refractivity contribution < 1.29 is 0 Å². The maximum Gasteiger partial charge on any atom is -0.00205 e. The third-order valence-corrected chi connectivity index (χ3v) is 5.02. The summed E-state index contributed by atoms with van der Waals surface area (Å²) in [7, 11) is 0. The minimum atomic E-state index is 0.995. The minimum Gasteiger partial charge on any atom is -0.316 e. The number of nitrogens with one attached hydrogen (secondary N) is 1. The van der Waals surface area contributed by atoms with E-state index in [0.29, 0.717) is 0 Å². The second-order valence-corrected chi connectivity index (χ2v) is 6.62. The molecular formula is C16H31N. The lowest BCUT2D eigenvalue weighted by Gasteiger charge is -2.27. The molecule has 1 heteroatoms. The summed E-state index contributed by atoms with van der Waals surface area (Å²) in [6.07, 6.45) is 14.8. The van der Waals surface area contributed by atoms with Crippen LogP contribution < -0.4 is 5.32 Å². The normalized spacial score (nSPS) is 31.6. The van der Waals surface area contributed by atoms with Gasteiger partial charge in [0.25, 0.3) is 0 Å². The highest BCUT2D eigenvalue weighted by Crippen LogP contribution is 2.30. The molecule has 0 saturated heterocycles. The van der Waals surface area contributed by atoms with Crippen LogP contribution in [0.5, 0.6) is 0 Å². The Morgan fingerprint density at radius 2 is 1.53 bits per heavy atom. The molecule has 0 aromatic rings. The Morgan fingerprint density at radius 1 is 0.824 bits per heavy atom. The number of hydrogen-bond donors (Lipinski definition) is 1. The van der Waals surface area contributed by atoms with Crippen molar-refractivity contribution in [2.75, 3.05) is 13.1 Å². The van der Waals surface area contributed by atoms with Gasteiger partial charge in [-0.3, -0.25) is 0 Å². The molecule has 0 heterocycles. The van der Waals surface area contributed by atoms with E-state index in [-0.39, 0.29) is 0 Å². The van der Waals surface area contributed by atoms with Crippen molar-refractivity contribution in [1.82, 2.24) is 5.32 Å². The zero-order valence-corrected chi connectivity index (χ0v) is 11.7. The van der Waals surface area contributed by atoms with Gasteiger partial charge in [0.05, 0.1) is 0 Å². The molecule has 0 amide bonds. The molecule has 2 aliphatic rings. The van der Waals surface area contributed by atoms with Crippen LogP contribution in [0, 0.1) is 17.8 Å². The van der Waals surface area contributed by atoms with Crippen LogP contribution >= 0.6 is 0 Å². The smallest absolute Gasteiger partial charge is 0.00205 e. The van der Waals surface area contributed by atoms with E-state index in [2.05, 4.69) is 12.2 Å². The predicted octanol–water partition coefficient (Wildman–Crippen LogP) is 4.37. The maximum absolute atomic E-state index is 3.71. The highest BCUT2D eigenvalue weighted by molar-refractivity contribution is 4.72. The van der Waals surface area contributed by atoms with E-state index < -0.39 is 0 Å². The van der Waals surface area contributed by atoms with E-state index in [1.54, 1.807) is 0 Å². The molecule has 2 rings (SSSR count). The largest absolute Gasteiger partial charge is 0.316 e. The second-order valence-electron chi connectivity index (χ2n) is 6.62. The highest BCUT2D eigenvalue weighted by atomic mass is 14.9. The van der Waals surface area contributed by atoms with Gasteiger partial charge in [-0.1, -0.05) is 51.9 Å². The third-order valence-electron chi connectivity index (χ3n) is 5.02. The third kappa shape index (κ3) is 4.99. The molecule has 0 spiro atoms. The van der Waals surface area contributed by atoms with Crippen molar-refractivity contribution in [3.05, 3.63) is 0 Å². The first-order valence-corrected chi connectivity index (χ1v) is 8.05. The fraction of sp³-hybridized carbons (Fsp3) is 1.00. The van der Waals surface area contributed by atoms with Gasteiger partial charge in [0.2, 0.25) is 0 Å². The Hall–Kier alpha value is -0.0400. The van der Waals surface area contributed by atoms with Crippen molar-refractivity contribution in [3.8, 4) is 0 Å². The molecule has 0 aromatic heterocycles.